The second kappa shape index (κ2) is 5.76. The molecule has 0 amide bonds. The van der Waals surface area contributed by atoms with Crippen LogP contribution in [0, 0.1) is 0 Å². The van der Waals surface area contributed by atoms with Gasteiger partial charge in [0.1, 0.15) is 6.33 Å². The average molecular weight is 302 g/mol. The molecule has 1 aromatic carbocycles. The Hall–Kier alpha value is -2.67. The van der Waals surface area contributed by atoms with Gasteiger partial charge in [-0.3, -0.25) is 4.57 Å². The molecule has 106 valence electrons. The summed E-state index contributed by atoms with van der Waals surface area (Å²) in [5, 5.41) is 3.78. The Balaban J connectivity index is 1.79. The zero-order valence-electron chi connectivity index (χ0n) is 10.9. The minimum atomic E-state index is 0.141. The van der Waals surface area contributed by atoms with Crippen LogP contribution in [0.5, 0.6) is 0 Å². The lowest BCUT2D eigenvalue weighted by Crippen LogP contribution is -2.10. The first-order valence-corrected chi connectivity index (χ1v) is 6.57. The summed E-state index contributed by atoms with van der Waals surface area (Å²) in [7, 11) is 0. The van der Waals surface area contributed by atoms with Gasteiger partial charge in [-0.2, -0.15) is 15.0 Å². The summed E-state index contributed by atoms with van der Waals surface area (Å²) < 4.78 is 1.66. The van der Waals surface area contributed by atoms with Crippen molar-refractivity contribution in [2.24, 2.45) is 0 Å². The van der Waals surface area contributed by atoms with Gasteiger partial charge < -0.3 is 11.1 Å². The predicted octanol–water partition coefficient (Wildman–Crippen LogP) is 1.90. The fourth-order valence-corrected chi connectivity index (χ4v) is 1.99. The van der Waals surface area contributed by atoms with E-state index < -0.39 is 0 Å². The molecule has 7 nitrogen and oxygen atoms in total. The number of nitrogens with one attached hydrogen (secondary N) is 1. The highest BCUT2D eigenvalue weighted by Gasteiger charge is 2.06. The van der Waals surface area contributed by atoms with Gasteiger partial charge in [0.05, 0.1) is 0 Å². The van der Waals surface area contributed by atoms with Crippen LogP contribution in [0.15, 0.2) is 43.0 Å². The van der Waals surface area contributed by atoms with Crippen LogP contribution in [0.3, 0.4) is 0 Å². The van der Waals surface area contributed by atoms with E-state index in [1.165, 1.54) is 0 Å². The Morgan fingerprint density at radius 3 is 2.90 bits per heavy atom. The Morgan fingerprint density at radius 2 is 2.14 bits per heavy atom. The van der Waals surface area contributed by atoms with Gasteiger partial charge in [-0.15, -0.1) is 0 Å². The van der Waals surface area contributed by atoms with Crippen molar-refractivity contribution >= 4 is 23.5 Å². The van der Waals surface area contributed by atoms with Crippen LogP contribution in [0.2, 0.25) is 5.02 Å². The average Bonchev–Trinajstić information content (AvgIpc) is 2.99. The fourth-order valence-electron chi connectivity index (χ4n) is 1.78. The minimum absolute atomic E-state index is 0.141. The highest BCUT2D eigenvalue weighted by atomic mass is 35.5. The van der Waals surface area contributed by atoms with E-state index in [2.05, 4.69) is 25.3 Å². The number of benzene rings is 1. The maximum Gasteiger partial charge on any atom is 0.241 e. The second-order valence-corrected chi connectivity index (χ2v) is 4.71. The molecule has 0 bridgehead atoms. The number of hydrogen-bond donors (Lipinski definition) is 2. The van der Waals surface area contributed by atoms with Gasteiger partial charge in [-0.05, 0) is 17.7 Å². The molecular weight excluding hydrogens is 290 g/mol. The molecular formula is C13H12ClN7. The third-order valence-corrected chi connectivity index (χ3v) is 2.95. The molecule has 0 atom stereocenters. The number of aromatic nitrogens is 5. The summed E-state index contributed by atoms with van der Waals surface area (Å²) in [6.45, 7) is 0.535. The summed E-state index contributed by atoms with van der Waals surface area (Å²) >= 11 is 5.95. The van der Waals surface area contributed by atoms with Crippen LogP contribution < -0.4 is 11.1 Å². The Labute approximate surface area is 125 Å². The van der Waals surface area contributed by atoms with Crippen molar-refractivity contribution < 1.29 is 0 Å². The lowest BCUT2D eigenvalue weighted by molar-refractivity contribution is 0.895. The number of imidazole rings is 1. The van der Waals surface area contributed by atoms with E-state index in [4.69, 9.17) is 17.3 Å². The van der Waals surface area contributed by atoms with Gasteiger partial charge >= 0.3 is 0 Å². The van der Waals surface area contributed by atoms with Gasteiger partial charge in [-0.25, -0.2) is 4.98 Å². The summed E-state index contributed by atoms with van der Waals surface area (Å²) in [6, 6.07) is 7.54. The van der Waals surface area contributed by atoms with Gasteiger partial charge in [0, 0.05) is 24.0 Å². The molecule has 21 heavy (non-hydrogen) atoms. The predicted molar refractivity (Wildman–Crippen MR) is 80.1 cm³/mol. The van der Waals surface area contributed by atoms with E-state index in [9.17, 15) is 0 Å². The van der Waals surface area contributed by atoms with Crippen molar-refractivity contribution in [2.45, 2.75) is 6.54 Å². The summed E-state index contributed by atoms with van der Waals surface area (Å²) in [5.41, 5.74) is 6.72. The highest BCUT2D eigenvalue weighted by Crippen LogP contribution is 2.12. The van der Waals surface area contributed by atoms with E-state index in [1.807, 2.05) is 24.3 Å². The topological polar surface area (TPSA) is 94.5 Å². The van der Waals surface area contributed by atoms with Crippen LogP contribution in [-0.4, -0.2) is 24.5 Å². The fraction of sp³-hybridized carbons (Fsp3) is 0.0769. The number of nitrogens with zero attached hydrogens (tertiary/aromatic N) is 5. The van der Waals surface area contributed by atoms with Crippen molar-refractivity contribution in [3.63, 3.8) is 0 Å². The molecule has 2 heterocycles. The number of anilines is 2. The lowest BCUT2D eigenvalue weighted by Gasteiger charge is -2.07. The minimum Gasteiger partial charge on any atom is -0.368 e. The largest absolute Gasteiger partial charge is 0.368 e. The maximum absolute atomic E-state index is 5.95. The molecule has 3 N–H and O–H groups in total. The number of nitrogen functional groups attached to an aromatic ring is 1. The molecule has 0 unspecified atom stereocenters. The molecule has 0 radical (unpaired) electrons. The molecule has 2 aromatic heterocycles. The quantitative estimate of drug-likeness (QED) is 0.764. The third kappa shape index (κ3) is 3.26. The van der Waals surface area contributed by atoms with Crippen molar-refractivity contribution in [2.75, 3.05) is 11.1 Å². The van der Waals surface area contributed by atoms with Crippen molar-refractivity contribution in [1.29, 1.82) is 0 Å². The summed E-state index contributed by atoms with van der Waals surface area (Å²) in [4.78, 5) is 16.4. The van der Waals surface area contributed by atoms with Gasteiger partial charge in [-0.1, -0.05) is 23.7 Å². The van der Waals surface area contributed by atoms with Crippen LogP contribution in [0.25, 0.3) is 5.95 Å². The second-order valence-electron chi connectivity index (χ2n) is 4.27. The van der Waals surface area contributed by atoms with Crippen LogP contribution in [0.4, 0.5) is 11.9 Å². The van der Waals surface area contributed by atoms with E-state index >= 15 is 0 Å². The summed E-state index contributed by atoms with van der Waals surface area (Å²) in [5.74, 6) is 0.946. The first-order chi connectivity index (χ1) is 10.2. The van der Waals surface area contributed by atoms with Crippen molar-refractivity contribution in [3.05, 3.63) is 53.6 Å². The SMILES string of the molecule is Nc1nc(NCc2cccc(Cl)c2)nc(-n2ccnc2)n1. The highest BCUT2D eigenvalue weighted by molar-refractivity contribution is 6.30. The number of rotatable bonds is 4. The Kier molecular flexibility index (Phi) is 3.65. The standard InChI is InChI=1S/C13H12ClN7/c14-10-3-1-2-9(6-10)7-17-12-18-11(15)19-13(20-12)21-5-4-16-8-21/h1-6,8H,7H2,(H3,15,17,18,19,20). The number of nitrogens with two attached hydrogens (primary N) is 1. The first-order valence-electron chi connectivity index (χ1n) is 6.19. The van der Waals surface area contributed by atoms with Gasteiger partial charge in [0.2, 0.25) is 17.8 Å². The molecule has 0 saturated carbocycles. The van der Waals surface area contributed by atoms with Crippen LogP contribution >= 0.6 is 11.6 Å². The molecule has 0 spiro atoms. The van der Waals surface area contributed by atoms with Gasteiger partial charge in [0.25, 0.3) is 0 Å². The van der Waals surface area contributed by atoms with E-state index in [1.54, 1.807) is 23.3 Å². The Bertz CT molecular complexity index is 742. The van der Waals surface area contributed by atoms with Gasteiger partial charge in [0.15, 0.2) is 0 Å². The van der Waals surface area contributed by atoms with E-state index in [-0.39, 0.29) is 5.95 Å². The lowest BCUT2D eigenvalue weighted by atomic mass is 10.2. The summed E-state index contributed by atoms with van der Waals surface area (Å²) in [6.07, 6.45) is 4.96. The third-order valence-electron chi connectivity index (χ3n) is 2.72. The normalized spacial score (nSPS) is 10.5. The van der Waals surface area contributed by atoms with Crippen LogP contribution in [0.1, 0.15) is 5.56 Å². The van der Waals surface area contributed by atoms with Crippen molar-refractivity contribution in [3.8, 4) is 5.95 Å². The first kappa shape index (κ1) is 13.3. The van der Waals surface area contributed by atoms with Crippen molar-refractivity contribution in [1.82, 2.24) is 24.5 Å². The molecule has 3 rings (SSSR count). The zero-order chi connectivity index (χ0) is 14.7. The zero-order valence-corrected chi connectivity index (χ0v) is 11.7. The monoisotopic (exact) mass is 301 g/mol. The molecule has 0 saturated heterocycles. The van der Waals surface area contributed by atoms with Crippen LogP contribution in [-0.2, 0) is 6.54 Å². The molecule has 0 aliphatic carbocycles. The molecule has 0 aliphatic heterocycles. The van der Waals surface area contributed by atoms with E-state index in [0.29, 0.717) is 23.5 Å². The number of halogens is 1. The number of hydrogen-bond acceptors (Lipinski definition) is 6. The maximum atomic E-state index is 5.95. The molecule has 0 aliphatic rings. The van der Waals surface area contributed by atoms with E-state index in [0.717, 1.165) is 5.56 Å². The smallest absolute Gasteiger partial charge is 0.241 e. The molecule has 3 aromatic rings. The molecule has 0 fully saturated rings. The Morgan fingerprint density at radius 1 is 1.24 bits per heavy atom. The molecule has 8 heteroatoms.